The van der Waals surface area contributed by atoms with Crippen LogP contribution >= 0.6 is 0 Å². The van der Waals surface area contributed by atoms with E-state index in [-0.39, 0.29) is 17.9 Å². The molecule has 0 aliphatic heterocycles. The maximum Gasteiger partial charge on any atom is 0.319 e. The van der Waals surface area contributed by atoms with Crippen LogP contribution in [0.25, 0.3) is 11.4 Å². The molecule has 6 nitrogen and oxygen atoms in total. The third-order valence-corrected chi connectivity index (χ3v) is 4.13. The quantitative estimate of drug-likeness (QED) is 0.676. The average molecular weight is 368 g/mol. The summed E-state index contributed by atoms with van der Waals surface area (Å²) in [6.07, 6.45) is 1.30. The number of aromatic nitrogens is 2. The highest BCUT2D eigenvalue weighted by molar-refractivity contribution is 5.89. The van der Waals surface area contributed by atoms with Gasteiger partial charge in [0.05, 0.1) is 6.42 Å². The minimum Gasteiger partial charge on any atom is -0.339 e. The molecule has 0 spiro atoms. The molecule has 2 aromatic carbocycles. The Hall–Kier alpha value is -3.22. The van der Waals surface area contributed by atoms with Crippen molar-refractivity contribution in [2.75, 3.05) is 5.32 Å². The number of nitrogens with zero attached hydrogens (tertiary/aromatic N) is 2. The Morgan fingerprint density at radius 3 is 2.52 bits per heavy atom. The number of amides is 2. The van der Waals surface area contributed by atoms with E-state index >= 15 is 0 Å². The molecule has 0 bridgehead atoms. The number of hydrogen-bond donors (Lipinski definition) is 2. The zero-order valence-electron chi connectivity index (χ0n) is 15.2. The van der Waals surface area contributed by atoms with Gasteiger partial charge in [-0.3, -0.25) is 0 Å². The largest absolute Gasteiger partial charge is 0.339 e. The summed E-state index contributed by atoms with van der Waals surface area (Å²) in [5.74, 6) is 0.631. The molecule has 3 rings (SSSR count). The van der Waals surface area contributed by atoms with Crippen LogP contribution in [-0.4, -0.2) is 22.2 Å². The SMILES string of the molecule is CC[C@@H](C)NC(=O)Nc1ccc(-c2noc(Cc3ccc(F)cc3)n2)cc1. The summed E-state index contributed by atoms with van der Waals surface area (Å²) < 4.78 is 18.2. The Labute approximate surface area is 156 Å². The zero-order chi connectivity index (χ0) is 19.2. The lowest BCUT2D eigenvalue weighted by molar-refractivity contribution is 0.249. The lowest BCUT2D eigenvalue weighted by atomic mass is 10.1. The Morgan fingerprint density at radius 1 is 1.15 bits per heavy atom. The van der Waals surface area contributed by atoms with Crippen LogP contribution in [-0.2, 0) is 6.42 Å². The van der Waals surface area contributed by atoms with Crippen molar-refractivity contribution in [1.82, 2.24) is 15.5 Å². The fourth-order valence-corrected chi connectivity index (χ4v) is 2.42. The molecular weight excluding hydrogens is 347 g/mol. The summed E-state index contributed by atoms with van der Waals surface area (Å²) >= 11 is 0. The monoisotopic (exact) mass is 368 g/mol. The van der Waals surface area contributed by atoms with Crippen LogP contribution in [0.2, 0.25) is 0 Å². The number of carbonyl (C=O) groups is 1. The molecule has 0 aliphatic rings. The van der Waals surface area contributed by atoms with Crippen LogP contribution < -0.4 is 10.6 Å². The molecule has 0 aliphatic carbocycles. The lowest BCUT2D eigenvalue weighted by Gasteiger charge is -2.12. The third kappa shape index (κ3) is 5.13. The lowest BCUT2D eigenvalue weighted by Crippen LogP contribution is -2.35. The average Bonchev–Trinajstić information content (AvgIpc) is 3.12. The first kappa shape index (κ1) is 18.6. The van der Waals surface area contributed by atoms with Crippen molar-refractivity contribution in [2.45, 2.75) is 32.7 Å². The molecule has 3 aromatic rings. The molecule has 1 aromatic heterocycles. The van der Waals surface area contributed by atoms with Gasteiger partial charge in [0, 0.05) is 17.3 Å². The molecule has 0 saturated heterocycles. The number of benzene rings is 2. The fraction of sp³-hybridized carbons (Fsp3) is 0.250. The standard InChI is InChI=1S/C20H21FN4O2/c1-3-13(2)22-20(26)23-17-10-6-15(7-11-17)19-24-18(27-25-19)12-14-4-8-16(21)9-5-14/h4-11,13H,3,12H2,1-2H3,(H2,22,23,26)/t13-/m1/s1. The van der Waals surface area contributed by atoms with Gasteiger partial charge < -0.3 is 15.2 Å². The summed E-state index contributed by atoms with van der Waals surface area (Å²) in [4.78, 5) is 16.2. The van der Waals surface area contributed by atoms with E-state index in [1.165, 1.54) is 12.1 Å². The molecule has 140 valence electrons. The second-order valence-corrected chi connectivity index (χ2v) is 6.30. The molecular formula is C20H21FN4O2. The van der Waals surface area contributed by atoms with E-state index < -0.39 is 0 Å². The van der Waals surface area contributed by atoms with Crippen LogP contribution in [0.4, 0.5) is 14.9 Å². The van der Waals surface area contributed by atoms with Crippen LogP contribution in [0.3, 0.4) is 0 Å². The Balaban J connectivity index is 1.63. The van der Waals surface area contributed by atoms with Crippen molar-refractivity contribution in [3.63, 3.8) is 0 Å². The van der Waals surface area contributed by atoms with Gasteiger partial charge >= 0.3 is 6.03 Å². The third-order valence-electron chi connectivity index (χ3n) is 4.13. The smallest absolute Gasteiger partial charge is 0.319 e. The zero-order valence-corrected chi connectivity index (χ0v) is 15.2. The first-order chi connectivity index (χ1) is 13.0. The maximum absolute atomic E-state index is 13.0. The van der Waals surface area contributed by atoms with E-state index in [9.17, 15) is 9.18 Å². The summed E-state index contributed by atoms with van der Waals surface area (Å²) in [7, 11) is 0. The van der Waals surface area contributed by atoms with E-state index in [2.05, 4.69) is 20.8 Å². The normalized spacial score (nSPS) is 11.8. The molecule has 2 amide bonds. The number of urea groups is 1. The number of hydrogen-bond acceptors (Lipinski definition) is 4. The van der Waals surface area contributed by atoms with Crippen LogP contribution in [0, 0.1) is 5.82 Å². The predicted molar refractivity (Wildman–Crippen MR) is 101 cm³/mol. The molecule has 27 heavy (non-hydrogen) atoms. The number of carbonyl (C=O) groups excluding carboxylic acids is 1. The summed E-state index contributed by atoms with van der Waals surface area (Å²) in [5, 5.41) is 9.61. The number of halogens is 1. The fourth-order valence-electron chi connectivity index (χ4n) is 2.42. The van der Waals surface area contributed by atoms with Gasteiger partial charge in [-0.1, -0.05) is 24.2 Å². The van der Waals surface area contributed by atoms with Crippen molar-refractivity contribution in [1.29, 1.82) is 0 Å². The minimum atomic E-state index is -0.281. The van der Waals surface area contributed by atoms with Gasteiger partial charge in [-0.2, -0.15) is 4.98 Å². The van der Waals surface area contributed by atoms with Crippen molar-refractivity contribution < 1.29 is 13.7 Å². The van der Waals surface area contributed by atoms with Gasteiger partial charge in [-0.05, 0) is 55.3 Å². The van der Waals surface area contributed by atoms with Crippen molar-refractivity contribution in [3.05, 3.63) is 65.8 Å². The second-order valence-electron chi connectivity index (χ2n) is 6.30. The van der Waals surface area contributed by atoms with Gasteiger partial charge in [0.25, 0.3) is 0 Å². The molecule has 1 heterocycles. The van der Waals surface area contributed by atoms with E-state index in [4.69, 9.17) is 4.52 Å². The first-order valence-electron chi connectivity index (χ1n) is 8.78. The molecule has 0 radical (unpaired) electrons. The summed E-state index contributed by atoms with van der Waals surface area (Å²) in [6.45, 7) is 3.96. The molecule has 2 N–H and O–H groups in total. The molecule has 0 saturated carbocycles. The number of nitrogens with one attached hydrogen (secondary N) is 2. The van der Waals surface area contributed by atoms with E-state index in [1.54, 1.807) is 24.3 Å². The molecule has 1 atom stereocenters. The van der Waals surface area contributed by atoms with E-state index in [0.29, 0.717) is 23.8 Å². The van der Waals surface area contributed by atoms with Gasteiger partial charge in [-0.25, -0.2) is 9.18 Å². The van der Waals surface area contributed by atoms with Crippen molar-refractivity contribution in [2.24, 2.45) is 0 Å². The highest BCUT2D eigenvalue weighted by Crippen LogP contribution is 2.20. The molecule has 0 unspecified atom stereocenters. The predicted octanol–water partition coefficient (Wildman–Crippen LogP) is 4.39. The highest BCUT2D eigenvalue weighted by atomic mass is 19.1. The summed E-state index contributed by atoms with van der Waals surface area (Å²) in [6, 6.07) is 13.2. The van der Waals surface area contributed by atoms with Gasteiger partial charge in [0.2, 0.25) is 11.7 Å². The highest BCUT2D eigenvalue weighted by Gasteiger charge is 2.10. The first-order valence-corrected chi connectivity index (χ1v) is 8.78. The topological polar surface area (TPSA) is 80.0 Å². The minimum absolute atomic E-state index is 0.114. The molecule has 7 heteroatoms. The van der Waals surface area contributed by atoms with E-state index in [1.807, 2.05) is 26.0 Å². The van der Waals surface area contributed by atoms with Crippen LogP contribution in [0.1, 0.15) is 31.7 Å². The Bertz CT molecular complexity index is 891. The second kappa shape index (κ2) is 8.44. The van der Waals surface area contributed by atoms with Gasteiger partial charge in [-0.15, -0.1) is 0 Å². The Kier molecular flexibility index (Phi) is 5.80. The van der Waals surface area contributed by atoms with Gasteiger partial charge in [0.15, 0.2) is 0 Å². The molecule has 0 fully saturated rings. The number of rotatable bonds is 6. The summed E-state index contributed by atoms with van der Waals surface area (Å²) in [5.41, 5.74) is 2.34. The maximum atomic E-state index is 13.0. The number of anilines is 1. The van der Waals surface area contributed by atoms with Crippen molar-refractivity contribution in [3.8, 4) is 11.4 Å². The van der Waals surface area contributed by atoms with Gasteiger partial charge in [0.1, 0.15) is 5.82 Å². The Morgan fingerprint density at radius 2 is 1.85 bits per heavy atom. The van der Waals surface area contributed by atoms with Crippen molar-refractivity contribution >= 4 is 11.7 Å². The van der Waals surface area contributed by atoms with Crippen LogP contribution in [0.5, 0.6) is 0 Å². The van der Waals surface area contributed by atoms with Crippen LogP contribution in [0.15, 0.2) is 53.1 Å². The van der Waals surface area contributed by atoms with E-state index in [0.717, 1.165) is 17.5 Å².